The van der Waals surface area contributed by atoms with Crippen LogP contribution in [-0.4, -0.2) is 23.5 Å². The fraction of sp³-hybridized carbons (Fsp3) is 0.412. The molecule has 0 spiro atoms. The summed E-state index contributed by atoms with van der Waals surface area (Å²) >= 11 is 0. The highest BCUT2D eigenvalue weighted by Crippen LogP contribution is 2.22. The van der Waals surface area contributed by atoms with Crippen molar-refractivity contribution >= 4 is 18.3 Å². The average molecular weight is 336 g/mol. The van der Waals surface area contributed by atoms with Gasteiger partial charge in [0.15, 0.2) is 5.76 Å². The molecule has 2 heterocycles. The van der Waals surface area contributed by atoms with Crippen LogP contribution < -0.4 is 10.6 Å². The molecule has 0 bridgehead atoms. The second-order valence-corrected chi connectivity index (χ2v) is 5.66. The molecule has 124 valence electrons. The number of nitrogens with one attached hydrogen (secondary N) is 2. The maximum atomic E-state index is 12.2. The van der Waals surface area contributed by atoms with Crippen molar-refractivity contribution in [2.75, 3.05) is 6.54 Å². The molecule has 2 N–H and O–H groups in total. The summed E-state index contributed by atoms with van der Waals surface area (Å²) in [5.74, 6) is 1.27. The van der Waals surface area contributed by atoms with Gasteiger partial charge in [-0.2, -0.15) is 0 Å². The fourth-order valence-corrected chi connectivity index (χ4v) is 2.68. The highest BCUT2D eigenvalue weighted by molar-refractivity contribution is 5.85. The van der Waals surface area contributed by atoms with Gasteiger partial charge in [-0.05, 0) is 26.3 Å². The number of carbonyl (C=O) groups is 1. The Labute approximate surface area is 142 Å². The Bertz CT molecular complexity index is 624. The summed E-state index contributed by atoms with van der Waals surface area (Å²) in [5.41, 5.74) is 0.980. The molecule has 0 radical (unpaired) electrons. The standard InChI is InChI=1S/C17H21N3O2.ClH/c1-12(20-16(21)14-9-5-6-10-18-14)17-19-11-15(22-17)13-7-3-2-4-8-13;/h2-4,7-8,11-12,14,18H,5-6,9-10H2,1H3,(H,20,21);1H. The third kappa shape index (κ3) is 4.33. The van der Waals surface area contributed by atoms with Gasteiger partial charge in [0.2, 0.25) is 11.8 Å². The molecule has 1 amide bonds. The van der Waals surface area contributed by atoms with E-state index in [1.807, 2.05) is 37.3 Å². The molecule has 1 fully saturated rings. The molecular formula is C17H22ClN3O2. The van der Waals surface area contributed by atoms with Crippen LogP contribution in [0.15, 0.2) is 40.9 Å². The van der Waals surface area contributed by atoms with Crippen molar-refractivity contribution in [1.29, 1.82) is 0 Å². The molecule has 2 unspecified atom stereocenters. The summed E-state index contributed by atoms with van der Waals surface area (Å²) in [6.45, 7) is 2.80. The molecule has 1 aromatic heterocycles. The minimum Gasteiger partial charge on any atom is -0.438 e. The van der Waals surface area contributed by atoms with E-state index in [2.05, 4.69) is 15.6 Å². The lowest BCUT2D eigenvalue weighted by Gasteiger charge is -2.23. The van der Waals surface area contributed by atoms with Crippen LogP contribution in [0.4, 0.5) is 0 Å². The number of piperidine rings is 1. The van der Waals surface area contributed by atoms with Crippen molar-refractivity contribution in [2.45, 2.75) is 38.3 Å². The molecule has 1 saturated heterocycles. The maximum absolute atomic E-state index is 12.2. The highest BCUT2D eigenvalue weighted by atomic mass is 35.5. The van der Waals surface area contributed by atoms with Crippen LogP contribution >= 0.6 is 12.4 Å². The van der Waals surface area contributed by atoms with Crippen molar-refractivity contribution in [3.8, 4) is 11.3 Å². The number of nitrogens with zero attached hydrogens (tertiary/aromatic N) is 1. The van der Waals surface area contributed by atoms with Crippen LogP contribution in [0.3, 0.4) is 0 Å². The minimum absolute atomic E-state index is 0. The van der Waals surface area contributed by atoms with Gasteiger partial charge in [0.25, 0.3) is 0 Å². The van der Waals surface area contributed by atoms with E-state index in [9.17, 15) is 4.79 Å². The summed E-state index contributed by atoms with van der Waals surface area (Å²) in [7, 11) is 0. The van der Waals surface area contributed by atoms with Gasteiger partial charge in [-0.25, -0.2) is 4.98 Å². The van der Waals surface area contributed by atoms with Crippen LogP contribution in [-0.2, 0) is 4.79 Å². The van der Waals surface area contributed by atoms with Crippen LogP contribution in [0.1, 0.15) is 38.1 Å². The van der Waals surface area contributed by atoms with E-state index in [0.717, 1.165) is 31.4 Å². The maximum Gasteiger partial charge on any atom is 0.237 e. The number of carbonyl (C=O) groups excluding carboxylic acids is 1. The van der Waals surface area contributed by atoms with Gasteiger partial charge in [-0.3, -0.25) is 4.79 Å². The molecule has 1 aliphatic rings. The van der Waals surface area contributed by atoms with Crippen molar-refractivity contribution in [3.05, 3.63) is 42.4 Å². The first-order chi connectivity index (χ1) is 10.7. The van der Waals surface area contributed by atoms with E-state index in [1.54, 1.807) is 6.20 Å². The van der Waals surface area contributed by atoms with Crippen molar-refractivity contribution in [1.82, 2.24) is 15.6 Å². The van der Waals surface area contributed by atoms with Crippen molar-refractivity contribution in [2.24, 2.45) is 0 Å². The van der Waals surface area contributed by atoms with E-state index in [0.29, 0.717) is 11.7 Å². The smallest absolute Gasteiger partial charge is 0.237 e. The number of amides is 1. The Morgan fingerprint density at radius 3 is 2.83 bits per heavy atom. The quantitative estimate of drug-likeness (QED) is 0.901. The molecule has 5 nitrogen and oxygen atoms in total. The Balaban J connectivity index is 0.00000192. The summed E-state index contributed by atoms with van der Waals surface area (Å²) in [6.07, 6.45) is 4.82. The molecule has 2 atom stereocenters. The first-order valence-corrected chi connectivity index (χ1v) is 7.79. The summed E-state index contributed by atoms with van der Waals surface area (Å²) in [5, 5.41) is 6.22. The normalized spacial score (nSPS) is 18.7. The minimum atomic E-state index is -0.242. The van der Waals surface area contributed by atoms with Crippen LogP contribution in [0, 0.1) is 0 Å². The Kier molecular flexibility index (Phi) is 6.19. The van der Waals surface area contributed by atoms with Gasteiger partial charge >= 0.3 is 0 Å². The molecule has 2 aromatic rings. The summed E-state index contributed by atoms with van der Waals surface area (Å²) in [4.78, 5) is 16.5. The number of rotatable bonds is 4. The average Bonchev–Trinajstić information content (AvgIpc) is 3.06. The molecule has 0 saturated carbocycles. The molecule has 1 aliphatic heterocycles. The second-order valence-electron chi connectivity index (χ2n) is 5.66. The largest absolute Gasteiger partial charge is 0.438 e. The lowest BCUT2D eigenvalue weighted by molar-refractivity contribution is -0.124. The van der Waals surface area contributed by atoms with Crippen LogP contribution in [0.5, 0.6) is 0 Å². The van der Waals surface area contributed by atoms with Crippen molar-refractivity contribution in [3.63, 3.8) is 0 Å². The molecular weight excluding hydrogens is 314 g/mol. The van der Waals surface area contributed by atoms with E-state index in [1.165, 1.54) is 0 Å². The Hall–Kier alpha value is -1.85. The first kappa shape index (κ1) is 17.5. The van der Waals surface area contributed by atoms with Gasteiger partial charge in [0.1, 0.15) is 6.04 Å². The number of halogens is 1. The molecule has 1 aromatic carbocycles. The third-order valence-corrected chi connectivity index (χ3v) is 3.94. The van der Waals surface area contributed by atoms with E-state index in [-0.39, 0.29) is 30.4 Å². The number of oxazole rings is 1. The second kappa shape index (κ2) is 8.13. The van der Waals surface area contributed by atoms with Crippen LogP contribution in [0.2, 0.25) is 0 Å². The zero-order chi connectivity index (χ0) is 15.4. The monoisotopic (exact) mass is 335 g/mol. The number of hydrogen-bond donors (Lipinski definition) is 2. The van der Waals surface area contributed by atoms with Crippen molar-refractivity contribution < 1.29 is 9.21 Å². The zero-order valence-electron chi connectivity index (χ0n) is 13.1. The predicted molar refractivity (Wildman–Crippen MR) is 91.4 cm³/mol. The van der Waals surface area contributed by atoms with Crippen LogP contribution in [0.25, 0.3) is 11.3 Å². The van der Waals surface area contributed by atoms with Gasteiger partial charge in [-0.15, -0.1) is 12.4 Å². The van der Waals surface area contributed by atoms with E-state index >= 15 is 0 Å². The first-order valence-electron chi connectivity index (χ1n) is 7.79. The van der Waals surface area contributed by atoms with Gasteiger partial charge in [-0.1, -0.05) is 36.8 Å². The van der Waals surface area contributed by atoms with Gasteiger partial charge < -0.3 is 15.1 Å². The highest BCUT2D eigenvalue weighted by Gasteiger charge is 2.23. The Morgan fingerprint density at radius 1 is 1.35 bits per heavy atom. The summed E-state index contributed by atoms with van der Waals surface area (Å²) in [6, 6.07) is 9.47. The molecule has 0 aliphatic carbocycles. The third-order valence-electron chi connectivity index (χ3n) is 3.94. The SMILES string of the molecule is CC(NC(=O)C1CCCCN1)c1ncc(-c2ccccc2)o1.Cl. The van der Waals surface area contributed by atoms with E-state index < -0.39 is 0 Å². The lowest BCUT2D eigenvalue weighted by atomic mass is 10.0. The Morgan fingerprint density at radius 2 is 2.13 bits per heavy atom. The number of hydrogen-bond acceptors (Lipinski definition) is 4. The van der Waals surface area contributed by atoms with E-state index in [4.69, 9.17) is 4.42 Å². The number of benzene rings is 1. The molecule has 6 heteroatoms. The molecule has 23 heavy (non-hydrogen) atoms. The predicted octanol–water partition coefficient (Wildman–Crippen LogP) is 3.08. The van der Waals surface area contributed by atoms with Gasteiger partial charge in [0, 0.05) is 5.56 Å². The number of aromatic nitrogens is 1. The lowest BCUT2D eigenvalue weighted by Crippen LogP contribution is -2.47. The van der Waals surface area contributed by atoms with Gasteiger partial charge in [0.05, 0.1) is 12.2 Å². The zero-order valence-corrected chi connectivity index (χ0v) is 13.9. The summed E-state index contributed by atoms with van der Waals surface area (Å²) < 4.78 is 5.77. The fourth-order valence-electron chi connectivity index (χ4n) is 2.68. The molecule has 3 rings (SSSR count). The topological polar surface area (TPSA) is 67.2 Å².